The fraction of sp³-hybridized carbons (Fsp3) is 0.176. The van der Waals surface area contributed by atoms with Crippen molar-refractivity contribution in [3.8, 4) is 11.5 Å². The zero-order chi connectivity index (χ0) is 17.7. The van der Waals surface area contributed by atoms with Crippen molar-refractivity contribution in [2.24, 2.45) is 0 Å². The van der Waals surface area contributed by atoms with Crippen LogP contribution in [-0.2, 0) is 4.79 Å². The van der Waals surface area contributed by atoms with Gasteiger partial charge in [-0.1, -0.05) is 23.2 Å². The SMILES string of the molecule is COc1ccc(Cl)cc1NC(=O)COc1ccc(Cl)cc1C(C)=O. The Kier molecular flexibility index (Phi) is 6.06. The van der Waals surface area contributed by atoms with E-state index in [0.717, 1.165) is 0 Å². The van der Waals surface area contributed by atoms with Crippen LogP contribution in [-0.4, -0.2) is 25.4 Å². The summed E-state index contributed by atoms with van der Waals surface area (Å²) in [6.45, 7) is 1.12. The summed E-state index contributed by atoms with van der Waals surface area (Å²) in [6, 6.07) is 9.50. The van der Waals surface area contributed by atoms with Crippen molar-refractivity contribution in [3.05, 3.63) is 52.0 Å². The normalized spacial score (nSPS) is 10.2. The number of hydrogen-bond acceptors (Lipinski definition) is 4. The van der Waals surface area contributed by atoms with Gasteiger partial charge >= 0.3 is 0 Å². The number of amides is 1. The molecule has 0 radical (unpaired) electrons. The lowest BCUT2D eigenvalue weighted by molar-refractivity contribution is -0.118. The summed E-state index contributed by atoms with van der Waals surface area (Å²) < 4.78 is 10.6. The van der Waals surface area contributed by atoms with E-state index in [2.05, 4.69) is 5.32 Å². The van der Waals surface area contributed by atoms with E-state index in [-0.39, 0.29) is 12.4 Å². The zero-order valence-electron chi connectivity index (χ0n) is 13.1. The van der Waals surface area contributed by atoms with Gasteiger partial charge in [0.2, 0.25) is 0 Å². The van der Waals surface area contributed by atoms with E-state index in [1.165, 1.54) is 20.1 Å². The number of ether oxygens (including phenoxy) is 2. The number of Topliss-reactive ketones (excluding diaryl/α,β-unsaturated/α-hetero) is 1. The number of rotatable bonds is 6. The highest BCUT2D eigenvalue weighted by Crippen LogP contribution is 2.28. The molecule has 0 spiro atoms. The van der Waals surface area contributed by atoms with Crippen LogP contribution in [0.15, 0.2) is 36.4 Å². The third-order valence-electron chi connectivity index (χ3n) is 3.12. The summed E-state index contributed by atoms with van der Waals surface area (Å²) >= 11 is 11.8. The second-order valence-corrected chi connectivity index (χ2v) is 5.75. The Labute approximate surface area is 149 Å². The first-order valence-corrected chi connectivity index (χ1v) is 7.73. The van der Waals surface area contributed by atoms with Crippen LogP contribution in [0, 0.1) is 0 Å². The summed E-state index contributed by atoms with van der Waals surface area (Å²) in [6.07, 6.45) is 0. The van der Waals surface area contributed by atoms with Gasteiger partial charge in [-0.05, 0) is 43.3 Å². The first kappa shape index (κ1) is 18.1. The molecule has 0 bridgehead atoms. The molecule has 0 atom stereocenters. The van der Waals surface area contributed by atoms with Crippen LogP contribution in [0.5, 0.6) is 11.5 Å². The maximum absolute atomic E-state index is 12.1. The highest BCUT2D eigenvalue weighted by Gasteiger charge is 2.13. The largest absolute Gasteiger partial charge is 0.495 e. The zero-order valence-corrected chi connectivity index (χ0v) is 14.6. The summed E-state index contributed by atoms with van der Waals surface area (Å²) in [7, 11) is 1.49. The predicted octanol–water partition coefficient (Wildman–Crippen LogP) is 4.22. The van der Waals surface area contributed by atoms with Crippen LogP contribution in [0.3, 0.4) is 0 Å². The monoisotopic (exact) mass is 367 g/mol. The molecule has 2 aromatic carbocycles. The number of carbonyl (C=O) groups is 2. The number of halogens is 2. The number of nitrogens with one attached hydrogen (secondary N) is 1. The van der Waals surface area contributed by atoms with E-state index in [4.69, 9.17) is 32.7 Å². The molecule has 126 valence electrons. The molecular weight excluding hydrogens is 353 g/mol. The first-order valence-electron chi connectivity index (χ1n) is 6.97. The molecule has 7 heteroatoms. The van der Waals surface area contributed by atoms with Crippen LogP contribution in [0.4, 0.5) is 5.69 Å². The summed E-state index contributed by atoms with van der Waals surface area (Å²) in [5.74, 6) is 0.146. The molecule has 0 heterocycles. The maximum Gasteiger partial charge on any atom is 0.262 e. The number of methoxy groups -OCH3 is 1. The predicted molar refractivity (Wildman–Crippen MR) is 93.6 cm³/mol. The summed E-state index contributed by atoms with van der Waals surface area (Å²) in [5, 5.41) is 3.53. The molecule has 0 saturated heterocycles. The molecule has 0 aromatic heterocycles. The van der Waals surface area contributed by atoms with Gasteiger partial charge in [0.05, 0.1) is 18.4 Å². The number of ketones is 1. The fourth-order valence-electron chi connectivity index (χ4n) is 2.01. The van der Waals surface area contributed by atoms with Crippen molar-refractivity contribution in [2.75, 3.05) is 19.0 Å². The van der Waals surface area contributed by atoms with Crippen molar-refractivity contribution in [1.29, 1.82) is 0 Å². The molecule has 24 heavy (non-hydrogen) atoms. The standard InChI is InChI=1S/C17H15Cl2NO4/c1-10(21)13-7-11(18)3-5-15(13)24-9-17(22)20-14-8-12(19)4-6-16(14)23-2/h3-8H,9H2,1-2H3,(H,20,22). The molecule has 0 fully saturated rings. The molecule has 2 aromatic rings. The van der Waals surface area contributed by atoms with Crippen LogP contribution in [0.2, 0.25) is 10.0 Å². The van der Waals surface area contributed by atoms with Gasteiger partial charge in [0, 0.05) is 10.0 Å². The fourth-order valence-corrected chi connectivity index (χ4v) is 2.35. The Hall–Kier alpha value is -2.24. The Bertz CT molecular complexity index is 777. The Morgan fingerprint density at radius 2 is 1.67 bits per heavy atom. The molecule has 2 rings (SSSR count). The Balaban J connectivity index is 2.07. The number of carbonyl (C=O) groups excluding carboxylic acids is 2. The number of hydrogen-bond donors (Lipinski definition) is 1. The second kappa shape index (κ2) is 8.04. The minimum Gasteiger partial charge on any atom is -0.495 e. The van der Waals surface area contributed by atoms with Crippen LogP contribution < -0.4 is 14.8 Å². The third-order valence-corrected chi connectivity index (χ3v) is 3.59. The van der Waals surface area contributed by atoms with E-state index in [1.54, 1.807) is 30.3 Å². The Morgan fingerprint density at radius 3 is 2.29 bits per heavy atom. The minimum atomic E-state index is -0.417. The van der Waals surface area contributed by atoms with Crippen LogP contribution in [0.25, 0.3) is 0 Å². The van der Waals surface area contributed by atoms with Gasteiger partial charge in [0.25, 0.3) is 5.91 Å². The quantitative estimate of drug-likeness (QED) is 0.776. The van der Waals surface area contributed by atoms with Gasteiger partial charge in [0.1, 0.15) is 11.5 Å². The second-order valence-electron chi connectivity index (χ2n) is 4.88. The van der Waals surface area contributed by atoms with Crippen molar-refractivity contribution in [1.82, 2.24) is 0 Å². The highest BCUT2D eigenvalue weighted by molar-refractivity contribution is 6.31. The van der Waals surface area contributed by atoms with Crippen molar-refractivity contribution in [3.63, 3.8) is 0 Å². The van der Waals surface area contributed by atoms with Crippen molar-refractivity contribution in [2.45, 2.75) is 6.92 Å². The highest BCUT2D eigenvalue weighted by atomic mass is 35.5. The smallest absolute Gasteiger partial charge is 0.262 e. The molecule has 5 nitrogen and oxygen atoms in total. The average Bonchev–Trinajstić information content (AvgIpc) is 2.53. The lowest BCUT2D eigenvalue weighted by Crippen LogP contribution is -2.21. The molecule has 1 amide bonds. The van der Waals surface area contributed by atoms with Gasteiger partial charge in [-0.25, -0.2) is 0 Å². The van der Waals surface area contributed by atoms with Crippen molar-refractivity contribution >= 4 is 40.6 Å². The van der Waals surface area contributed by atoms with E-state index in [1.807, 2.05) is 0 Å². The Morgan fingerprint density at radius 1 is 1.04 bits per heavy atom. The van der Waals surface area contributed by atoms with Gasteiger partial charge < -0.3 is 14.8 Å². The molecule has 0 saturated carbocycles. The number of anilines is 1. The number of benzene rings is 2. The molecule has 0 aliphatic rings. The van der Waals surface area contributed by atoms with E-state index in [0.29, 0.717) is 32.8 Å². The van der Waals surface area contributed by atoms with Gasteiger partial charge in [0.15, 0.2) is 12.4 Å². The third kappa shape index (κ3) is 4.63. The van der Waals surface area contributed by atoms with Gasteiger partial charge in [-0.2, -0.15) is 0 Å². The lowest BCUT2D eigenvalue weighted by Gasteiger charge is -2.12. The summed E-state index contributed by atoms with van der Waals surface area (Å²) in [4.78, 5) is 23.7. The van der Waals surface area contributed by atoms with E-state index < -0.39 is 5.91 Å². The van der Waals surface area contributed by atoms with E-state index >= 15 is 0 Å². The first-order chi connectivity index (χ1) is 11.4. The maximum atomic E-state index is 12.1. The van der Waals surface area contributed by atoms with Gasteiger partial charge in [-0.15, -0.1) is 0 Å². The van der Waals surface area contributed by atoms with Crippen LogP contribution in [0.1, 0.15) is 17.3 Å². The van der Waals surface area contributed by atoms with E-state index in [9.17, 15) is 9.59 Å². The van der Waals surface area contributed by atoms with Crippen LogP contribution >= 0.6 is 23.2 Å². The molecule has 0 unspecified atom stereocenters. The van der Waals surface area contributed by atoms with Crippen molar-refractivity contribution < 1.29 is 19.1 Å². The molecular formula is C17H15Cl2NO4. The molecule has 1 N–H and O–H groups in total. The summed E-state index contributed by atoms with van der Waals surface area (Å²) in [5.41, 5.74) is 0.747. The lowest BCUT2D eigenvalue weighted by atomic mass is 10.1. The average molecular weight is 368 g/mol. The molecule has 0 aliphatic heterocycles. The molecule has 0 aliphatic carbocycles. The topological polar surface area (TPSA) is 64.6 Å². The minimum absolute atomic E-state index is 0.204. The van der Waals surface area contributed by atoms with Gasteiger partial charge in [-0.3, -0.25) is 9.59 Å².